The molecular formula is C16H16N4O2S. The fraction of sp³-hybridized carbons (Fsp3) is 0.125. The zero-order valence-corrected chi connectivity index (χ0v) is 13.6. The van der Waals surface area contributed by atoms with E-state index in [1.807, 2.05) is 48.5 Å². The van der Waals surface area contributed by atoms with Crippen molar-refractivity contribution in [3.05, 3.63) is 53.3 Å². The molecule has 1 heterocycles. The summed E-state index contributed by atoms with van der Waals surface area (Å²) in [7, 11) is 3.26. The van der Waals surface area contributed by atoms with Crippen LogP contribution in [0.5, 0.6) is 11.5 Å². The number of methoxy groups -OCH3 is 2. The molecule has 0 saturated heterocycles. The van der Waals surface area contributed by atoms with Crippen LogP contribution in [0.4, 0.5) is 11.6 Å². The summed E-state index contributed by atoms with van der Waals surface area (Å²) in [5, 5.41) is 11.3. The molecule has 0 amide bonds. The van der Waals surface area contributed by atoms with Gasteiger partial charge in [-0.15, -0.1) is 0 Å². The molecule has 0 unspecified atom stereocenters. The average molecular weight is 328 g/mol. The molecule has 3 rings (SSSR count). The quantitative estimate of drug-likeness (QED) is 0.754. The fourth-order valence-electron chi connectivity index (χ4n) is 2.12. The lowest BCUT2D eigenvalue weighted by molar-refractivity contribution is 0.414. The average Bonchev–Trinajstić information content (AvgIpc) is 2.96. The van der Waals surface area contributed by atoms with E-state index in [9.17, 15) is 0 Å². The van der Waals surface area contributed by atoms with E-state index in [1.165, 1.54) is 0 Å². The summed E-state index contributed by atoms with van der Waals surface area (Å²) in [5.41, 5.74) is 1.72. The molecule has 1 aromatic heterocycles. The summed E-state index contributed by atoms with van der Waals surface area (Å²) in [4.78, 5) is 0.339. The van der Waals surface area contributed by atoms with Crippen molar-refractivity contribution in [2.75, 3.05) is 19.5 Å². The van der Waals surface area contributed by atoms with Crippen LogP contribution in [0.1, 0.15) is 0 Å². The monoisotopic (exact) mass is 328 g/mol. The minimum absolute atomic E-state index is 0.339. The number of benzene rings is 2. The van der Waals surface area contributed by atoms with Crippen molar-refractivity contribution < 1.29 is 9.47 Å². The highest BCUT2D eigenvalue weighted by Crippen LogP contribution is 2.22. The van der Waals surface area contributed by atoms with Crippen LogP contribution in [0, 0.1) is 5.41 Å². The molecule has 3 aromatic rings. The molecule has 2 aromatic carbocycles. The van der Waals surface area contributed by atoms with Crippen molar-refractivity contribution in [2.45, 2.75) is 0 Å². The number of hydrogen-bond donors (Lipinski definition) is 2. The Morgan fingerprint density at radius 2 is 1.52 bits per heavy atom. The van der Waals surface area contributed by atoms with Gasteiger partial charge in [0.2, 0.25) is 10.7 Å². The minimum Gasteiger partial charge on any atom is -0.497 e. The number of anilines is 2. The van der Waals surface area contributed by atoms with Crippen molar-refractivity contribution in [3.63, 3.8) is 0 Å². The lowest BCUT2D eigenvalue weighted by Crippen LogP contribution is -2.13. The van der Waals surface area contributed by atoms with E-state index in [0.717, 1.165) is 34.4 Å². The van der Waals surface area contributed by atoms with E-state index in [4.69, 9.17) is 14.9 Å². The van der Waals surface area contributed by atoms with Crippen LogP contribution in [0.25, 0.3) is 5.69 Å². The van der Waals surface area contributed by atoms with Gasteiger partial charge >= 0.3 is 0 Å². The summed E-state index contributed by atoms with van der Waals surface area (Å²) in [6.45, 7) is 0. The Labute approximate surface area is 137 Å². The lowest BCUT2D eigenvalue weighted by atomic mass is 10.3. The molecule has 6 nitrogen and oxygen atoms in total. The van der Waals surface area contributed by atoms with Gasteiger partial charge in [0.1, 0.15) is 11.5 Å². The zero-order chi connectivity index (χ0) is 16.2. The Kier molecular flexibility index (Phi) is 4.29. The number of aromatic nitrogens is 2. The first-order valence-electron chi connectivity index (χ1n) is 6.90. The van der Waals surface area contributed by atoms with Crippen LogP contribution < -0.4 is 19.6 Å². The van der Waals surface area contributed by atoms with Crippen LogP contribution in [-0.2, 0) is 0 Å². The predicted octanol–water partition coefficient (Wildman–Crippen LogP) is 3.17. The third-order valence-corrected chi connectivity index (χ3v) is 3.93. The highest BCUT2D eigenvalue weighted by atomic mass is 32.1. The van der Waals surface area contributed by atoms with E-state index < -0.39 is 0 Å². The van der Waals surface area contributed by atoms with E-state index >= 15 is 0 Å². The Hall–Kier alpha value is -2.80. The molecule has 7 heteroatoms. The number of nitrogens with zero attached hydrogens (tertiary/aromatic N) is 2. The van der Waals surface area contributed by atoms with E-state index in [1.54, 1.807) is 18.8 Å². The Bertz CT molecular complexity index is 838. The smallest absolute Gasteiger partial charge is 0.225 e. The highest BCUT2D eigenvalue weighted by Gasteiger charge is 2.09. The molecule has 23 heavy (non-hydrogen) atoms. The van der Waals surface area contributed by atoms with Gasteiger partial charge in [-0.3, -0.25) is 9.98 Å². The second-order valence-corrected chi connectivity index (χ2v) is 5.45. The summed E-state index contributed by atoms with van der Waals surface area (Å²) >= 11 is 1.12. The first-order chi connectivity index (χ1) is 11.2. The maximum Gasteiger partial charge on any atom is 0.225 e. The SMILES string of the molecule is COc1ccc(Nc2nsc(=N)n2-c2ccc(OC)cc2)cc1. The molecule has 0 saturated carbocycles. The predicted molar refractivity (Wildman–Crippen MR) is 90.1 cm³/mol. The molecule has 0 spiro atoms. The molecule has 2 N–H and O–H groups in total. The molecule has 0 fully saturated rings. The molecular weight excluding hydrogens is 312 g/mol. The Morgan fingerprint density at radius 3 is 2.09 bits per heavy atom. The second-order valence-electron chi connectivity index (χ2n) is 4.70. The number of rotatable bonds is 5. The van der Waals surface area contributed by atoms with Gasteiger partial charge in [0.25, 0.3) is 0 Å². The topological polar surface area (TPSA) is 72.2 Å². The first kappa shape index (κ1) is 15.1. The van der Waals surface area contributed by atoms with Gasteiger partial charge in [-0.25, -0.2) is 0 Å². The van der Waals surface area contributed by atoms with E-state index in [2.05, 4.69) is 9.69 Å². The maximum atomic E-state index is 8.09. The summed E-state index contributed by atoms with van der Waals surface area (Å²) in [6, 6.07) is 15.0. The van der Waals surface area contributed by atoms with Crippen LogP contribution in [0.3, 0.4) is 0 Å². The van der Waals surface area contributed by atoms with Crippen LogP contribution in [-0.4, -0.2) is 23.2 Å². The second kappa shape index (κ2) is 6.53. The van der Waals surface area contributed by atoms with Gasteiger partial charge in [0.15, 0.2) is 0 Å². The Balaban J connectivity index is 1.92. The molecule has 0 radical (unpaired) electrons. The summed E-state index contributed by atoms with van der Waals surface area (Å²) < 4.78 is 16.4. The maximum absolute atomic E-state index is 8.09. The number of nitrogens with one attached hydrogen (secondary N) is 2. The molecule has 0 aliphatic rings. The molecule has 118 valence electrons. The van der Waals surface area contributed by atoms with Gasteiger partial charge in [-0.2, -0.15) is 4.37 Å². The van der Waals surface area contributed by atoms with Gasteiger partial charge < -0.3 is 14.8 Å². The summed E-state index contributed by atoms with van der Waals surface area (Å²) in [5.74, 6) is 2.15. The number of ether oxygens (including phenoxy) is 2. The molecule has 0 aliphatic heterocycles. The highest BCUT2D eigenvalue weighted by molar-refractivity contribution is 7.03. The number of hydrogen-bond acceptors (Lipinski definition) is 6. The minimum atomic E-state index is 0.339. The van der Waals surface area contributed by atoms with Crippen molar-refractivity contribution in [2.24, 2.45) is 0 Å². The lowest BCUT2D eigenvalue weighted by Gasteiger charge is -2.10. The van der Waals surface area contributed by atoms with Gasteiger partial charge in [-0.1, -0.05) is 0 Å². The standard InChI is InChI=1S/C16H16N4O2S/c1-21-13-7-3-11(4-8-13)18-16-19-23-15(17)20(16)12-5-9-14(22-2)10-6-12/h3-10,17H,1-2H3,(H,18,19). The van der Waals surface area contributed by atoms with Crippen molar-refractivity contribution >= 4 is 23.2 Å². The molecule has 0 aliphatic carbocycles. The fourth-order valence-corrected chi connectivity index (χ4v) is 2.69. The zero-order valence-electron chi connectivity index (χ0n) is 12.7. The Morgan fingerprint density at radius 1 is 0.957 bits per heavy atom. The van der Waals surface area contributed by atoms with Crippen LogP contribution in [0.2, 0.25) is 0 Å². The van der Waals surface area contributed by atoms with Gasteiger partial charge in [0, 0.05) is 17.2 Å². The normalized spacial score (nSPS) is 10.3. The third-order valence-electron chi connectivity index (χ3n) is 3.31. The van der Waals surface area contributed by atoms with Crippen LogP contribution in [0.15, 0.2) is 48.5 Å². The van der Waals surface area contributed by atoms with Crippen molar-refractivity contribution in [3.8, 4) is 17.2 Å². The van der Waals surface area contributed by atoms with Gasteiger partial charge in [0.05, 0.1) is 19.9 Å². The first-order valence-corrected chi connectivity index (χ1v) is 7.67. The van der Waals surface area contributed by atoms with Crippen molar-refractivity contribution in [1.29, 1.82) is 5.41 Å². The van der Waals surface area contributed by atoms with Gasteiger partial charge in [-0.05, 0) is 48.5 Å². The van der Waals surface area contributed by atoms with E-state index in [0.29, 0.717) is 10.7 Å². The molecule has 0 bridgehead atoms. The van der Waals surface area contributed by atoms with Crippen molar-refractivity contribution in [1.82, 2.24) is 8.94 Å². The van der Waals surface area contributed by atoms with Crippen LogP contribution >= 0.6 is 11.5 Å². The summed E-state index contributed by atoms with van der Waals surface area (Å²) in [6.07, 6.45) is 0. The third kappa shape index (κ3) is 3.19. The largest absolute Gasteiger partial charge is 0.497 e. The molecule has 0 atom stereocenters. The van der Waals surface area contributed by atoms with E-state index in [-0.39, 0.29) is 0 Å².